The van der Waals surface area contributed by atoms with Crippen LogP contribution < -0.4 is 11.1 Å². The summed E-state index contributed by atoms with van der Waals surface area (Å²) in [5.74, 6) is 0. The summed E-state index contributed by atoms with van der Waals surface area (Å²) in [5.41, 5.74) is 8.65. The van der Waals surface area contributed by atoms with Crippen LogP contribution in [0.2, 0.25) is 0 Å². The number of ether oxygens (including phenoxy) is 1. The molecule has 2 heterocycles. The third kappa shape index (κ3) is 2.60. The summed E-state index contributed by atoms with van der Waals surface area (Å²) in [5, 5.41) is 4.54. The van der Waals surface area contributed by atoms with Crippen LogP contribution in [0.5, 0.6) is 0 Å². The Morgan fingerprint density at radius 1 is 1.50 bits per heavy atom. The van der Waals surface area contributed by atoms with Gasteiger partial charge in [-0.05, 0) is 38.0 Å². The number of nitrogens with two attached hydrogens (primary N) is 1. The summed E-state index contributed by atoms with van der Waals surface area (Å²) in [6.07, 6.45) is 4.20. The van der Waals surface area contributed by atoms with Crippen molar-refractivity contribution >= 4 is 38.2 Å². The molecule has 0 radical (unpaired) electrons. The summed E-state index contributed by atoms with van der Waals surface area (Å²) in [6.45, 7) is 2.99. The largest absolute Gasteiger partial charge is 0.396 e. The minimum absolute atomic E-state index is 0.226. The first kappa shape index (κ1) is 13.6. The lowest BCUT2D eigenvalue weighted by Gasteiger charge is -2.23. The van der Waals surface area contributed by atoms with Gasteiger partial charge in [-0.1, -0.05) is 15.9 Å². The number of halogens is 1. The fourth-order valence-corrected chi connectivity index (χ4v) is 3.02. The van der Waals surface area contributed by atoms with Crippen LogP contribution in [0, 0.1) is 0 Å². The maximum atomic E-state index is 6.10. The quantitative estimate of drug-likeness (QED) is 0.900. The number of rotatable bonds is 3. The molecule has 0 spiro atoms. The minimum Gasteiger partial charge on any atom is -0.396 e. The number of hydrogen-bond donors (Lipinski definition) is 2. The number of aromatic nitrogens is 1. The summed E-state index contributed by atoms with van der Waals surface area (Å²) >= 11 is 3.50. The molecule has 1 aromatic carbocycles. The van der Waals surface area contributed by atoms with Crippen molar-refractivity contribution in [2.75, 3.05) is 17.7 Å². The molecule has 1 aliphatic heterocycles. The smallest absolute Gasteiger partial charge is 0.0774 e. The maximum absolute atomic E-state index is 6.10. The molecule has 5 heteroatoms. The topological polar surface area (TPSA) is 60.2 Å². The fourth-order valence-electron chi connectivity index (χ4n) is 2.66. The van der Waals surface area contributed by atoms with E-state index in [-0.39, 0.29) is 12.1 Å². The first-order valence-electron chi connectivity index (χ1n) is 6.87. The first-order valence-corrected chi connectivity index (χ1v) is 7.66. The lowest BCUT2D eigenvalue weighted by Crippen LogP contribution is -2.30. The van der Waals surface area contributed by atoms with Crippen LogP contribution >= 0.6 is 15.9 Å². The number of anilines is 2. The van der Waals surface area contributed by atoms with Crippen molar-refractivity contribution in [1.82, 2.24) is 4.98 Å². The van der Waals surface area contributed by atoms with Crippen molar-refractivity contribution in [3.63, 3.8) is 0 Å². The van der Waals surface area contributed by atoms with E-state index in [9.17, 15) is 0 Å². The highest BCUT2D eigenvalue weighted by Crippen LogP contribution is 2.31. The van der Waals surface area contributed by atoms with Crippen LogP contribution in [0.3, 0.4) is 0 Å². The number of nitrogens with one attached hydrogen (secondary N) is 1. The number of nitrogens with zero attached hydrogens (tertiary/aromatic N) is 1. The highest BCUT2D eigenvalue weighted by Gasteiger charge is 2.23. The van der Waals surface area contributed by atoms with Crippen molar-refractivity contribution < 1.29 is 4.74 Å². The molecule has 1 aromatic heterocycles. The van der Waals surface area contributed by atoms with Crippen LogP contribution in [0.25, 0.3) is 10.9 Å². The standard InChI is InChI=1S/C15H18BrN3O/c1-9(14-3-2-6-20-14)19-15-11-7-10(16)4-5-13(11)18-8-12(15)17/h4-5,7-9,14H,2-3,6,17H2,1H3,(H,18,19). The summed E-state index contributed by atoms with van der Waals surface area (Å²) in [6, 6.07) is 6.24. The van der Waals surface area contributed by atoms with Crippen LogP contribution in [0.4, 0.5) is 11.4 Å². The molecule has 0 aliphatic carbocycles. The van der Waals surface area contributed by atoms with E-state index < -0.39 is 0 Å². The van der Waals surface area contributed by atoms with E-state index in [0.29, 0.717) is 5.69 Å². The molecule has 0 amide bonds. The minimum atomic E-state index is 0.226. The third-order valence-electron chi connectivity index (χ3n) is 3.75. The van der Waals surface area contributed by atoms with E-state index in [2.05, 4.69) is 33.2 Å². The number of hydrogen-bond acceptors (Lipinski definition) is 4. The number of fused-ring (bicyclic) bond motifs is 1. The predicted molar refractivity (Wildman–Crippen MR) is 85.9 cm³/mol. The van der Waals surface area contributed by atoms with Gasteiger partial charge in [-0.3, -0.25) is 4.98 Å². The Bertz CT molecular complexity index is 621. The molecular formula is C15H18BrN3O. The monoisotopic (exact) mass is 335 g/mol. The fraction of sp³-hybridized carbons (Fsp3) is 0.400. The average molecular weight is 336 g/mol. The summed E-state index contributed by atoms with van der Waals surface area (Å²) < 4.78 is 6.75. The van der Waals surface area contributed by atoms with Gasteiger partial charge in [-0.2, -0.15) is 0 Å². The molecule has 0 saturated carbocycles. The van der Waals surface area contributed by atoms with Crippen LogP contribution in [0.1, 0.15) is 19.8 Å². The summed E-state index contributed by atoms with van der Waals surface area (Å²) in [7, 11) is 0. The second kappa shape index (κ2) is 5.58. The van der Waals surface area contributed by atoms with E-state index in [0.717, 1.165) is 40.5 Å². The van der Waals surface area contributed by atoms with Crippen molar-refractivity contribution in [1.29, 1.82) is 0 Å². The molecule has 1 saturated heterocycles. The van der Waals surface area contributed by atoms with Gasteiger partial charge in [0, 0.05) is 22.5 Å². The second-order valence-corrected chi connectivity index (χ2v) is 6.15. The molecule has 1 aliphatic rings. The lowest BCUT2D eigenvalue weighted by molar-refractivity contribution is 0.0997. The van der Waals surface area contributed by atoms with Crippen molar-refractivity contribution in [3.8, 4) is 0 Å². The van der Waals surface area contributed by atoms with E-state index in [1.807, 2.05) is 18.2 Å². The lowest BCUT2D eigenvalue weighted by atomic mass is 10.1. The number of benzene rings is 1. The van der Waals surface area contributed by atoms with E-state index >= 15 is 0 Å². The molecule has 3 rings (SSSR count). The molecule has 4 nitrogen and oxygen atoms in total. The van der Waals surface area contributed by atoms with Crippen LogP contribution in [-0.4, -0.2) is 23.7 Å². The summed E-state index contributed by atoms with van der Waals surface area (Å²) in [4.78, 5) is 4.37. The Labute approximate surface area is 126 Å². The van der Waals surface area contributed by atoms with Gasteiger partial charge in [0.05, 0.1) is 29.2 Å². The zero-order chi connectivity index (χ0) is 14.1. The highest BCUT2D eigenvalue weighted by molar-refractivity contribution is 9.10. The normalized spacial score (nSPS) is 20.2. The van der Waals surface area contributed by atoms with E-state index in [4.69, 9.17) is 10.5 Å². The van der Waals surface area contributed by atoms with Crippen LogP contribution in [0.15, 0.2) is 28.9 Å². The molecule has 106 valence electrons. The Kier molecular flexibility index (Phi) is 3.81. The van der Waals surface area contributed by atoms with E-state index in [1.54, 1.807) is 6.20 Å². The molecule has 2 atom stereocenters. The molecule has 20 heavy (non-hydrogen) atoms. The predicted octanol–water partition coefficient (Wildman–Crippen LogP) is 3.56. The van der Waals surface area contributed by atoms with Crippen LogP contribution in [-0.2, 0) is 4.74 Å². The second-order valence-electron chi connectivity index (χ2n) is 5.23. The zero-order valence-electron chi connectivity index (χ0n) is 11.4. The van der Waals surface area contributed by atoms with Crippen molar-refractivity contribution in [2.24, 2.45) is 0 Å². The molecule has 2 aromatic rings. The molecule has 0 bridgehead atoms. The first-order chi connectivity index (χ1) is 9.65. The van der Waals surface area contributed by atoms with Crippen molar-refractivity contribution in [3.05, 3.63) is 28.9 Å². The maximum Gasteiger partial charge on any atom is 0.0774 e. The number of pyridine rings is 1. The number of nitrogen functional groups attached to an aromatic ring is 1. The molecule has 1 fully saturated rings. The Morgan fingerprint density at radius 3 is 3.10 bits per heavy atom. The van der Waals surface area contributed by atoms with Crippen molar-refractivity contribution in [2.45, 2.75) is 31.9 Å². The average Bonchev–Trinajstić information content (AvgIpc) is 2.96. The SMILES string of the molecule is CC(Nc1c(N)cnc2ccc(Br)cc12)C1CCCO1. The third-order valence-corrected chi connectivity index (χ3v) is 4.25. The Morgan fingerprint density at radius 2 is 2.35 bits per heavy atom. The van der Waals surface area contributed by atoms with Gasteiger partial charge in [0.2, 0.25) is 0 Å². The van der Waals surface area contributed by atoms with Gasteiger partial charge in [-0.25, -0.2) is 0 Å². The molecular weight excluding hydrogens is 318 g/mol. The van der Waals surface area contributed by atoms with Gasteiger partial charge in [-0.15, -0.1) is 0 Å². The molecule has 3 N–H and O–H groups in total. The Hall–Kier alpha value is -1.33. The zero-order valence-corrected chi connectivity index (χ0v) is 13.0. The van der Waals surface area contributed by atoms with Gasteiger partial charge < -0.3 is 15.8 Å². The van der Waals surface area contributed by atoms with Gasteiger partial charge in [0.1, 0.15) is 0 Å². The highest BCUT2D eigenvalue weighted by atomic mass is 79.9. The van der Waals surface area contributed by atoms with E-state index in [1.165, 1.54) is 0 Å². The van der Waals surface area contributed by atoms with Gasteiger partial charge in [0.15, 0.2) is 0 Å². The Balaban J connectivity index is 1.96. The van der Waals surface area contributed by atoms with Gasteiger partial charge in [0.25, 0.3) is 0 Å². The molecule has 2 unspecified atom stereocenters. The van der Waals surface area contributed by atoms with Gasteiger partial charge >= 0.3 is 0 Å².